The Hall–Kier alpha value is -1.33. The third-order valence-corrected chi connectivity index (χ3v) is 6.66. The van der Waals surface area contributed by atoms with E-state index in [0.29, 0.717) is 17.6 Å². The smallest absolute Gasteiger partial charge is 0.326 e. The minimum absolute atomic E-state index is 0.0105. The highest BCUT2D eigenvalue weighted by Crippen LogP contribution is 2.53. The molecule has 0 radical (unpaired) electrons. The summed E-state index contributed by atoms with van der Waals surface area (Å²) in [4.78, 5) is 34.7. The molecule has 0 bridgehead atoms. The molecule has 126 valence electrons. The average molecular weight is 363 g/mol. The summed E-state index contributed by atoms with van der Waals surface area (Å²) >= 11 is 1.54. The summed E-state index contributed by atoms with van der Waals surface area (Å²) in [6.07, 6.45) is 4.05. The van der Waals surface area contributed by atoms with Crippen LogP contribution in [0.1, 0.15) is 41.6 Å². The van der Waals surface area contributed by atoms with Gasteiger partial charge in [-0.3, -0.25) is 9.36 Å². The van der Waals surface area contributed by atoms with Crippen LogP contribution in [-0.2, 0) is 11.0 Å². The van der Waals surface area contributed by atoms with Crippen molar-refractivity contribution in [1.82, 2.24) is 4.90 Å². The molecule has 5 nitrogen and oxygen atoms in total. The fraction of sp³-hybridized carbons (Fsp3) is 0.353. The third-order valence-electron chi connectivity index (χ3n) is 4.67. The van der Waals surface area contributed by atoms with Gasteiger partial charge >= 0.3 is 7.60 Å². The second-order valence-electron chi connectivity index (χ2n) is 6.36. The zero-order valence-corrected chi connectivity index (χ0v) is 14.8. The summed E-state index contributed by atoms with van der Waals surface area (Å²) in [5, 5.41) is 0.728. The topological polar surface area (TPSA) is 77.8 Å². The van der Waals surface area contributed by atoms with Gasteiger partial charge < -0.3 is 14.7 Å². The Kier molecular flexibility index (Phi) is 3.96. The molecule has 0 atom stereocenters. The predicted molar refractivity (Wildman–Crippen MR) is 93.3 cm³/mol. The maximum atomic E-state index is 12.8. The highest BCUT2D eigenvalue weighted by Gasteiger charge is 2.38. The van der Waals surface area contributed by atoms with Crippen LogP contribution in [0.4, 0.5) is 0 Å². The molecule has 3 aliphatic rings. The molecule has 2 aliphatic carbocycles. The highest BCUT2D eigenvalue weighted by atomic mass is 32.2. The molecule has 0 spiro atoms. The van der Waals surface area contributed by atoms with E-state index in [1.165, 1.54) is 16.7 Å². The molecule has 4 rings (SSSR count). The second kappa shape index (κ2) is 5.88. The SMILES string of the molecule is O=C1C(=C2SC3=C(CCCC3)N2CP(=O)(O)O)Cc2ccccc21. The van der Waals surface area contributed by atoms with Crippen LogP contribution in [0.2, 0.25) is 0 Å². The van der Waals surface area contributed by atoms with Gasteiger partial charge in [0.15, 0.2) is 5.78 Å². The van der Waals surface area contributed by atoms with E-state index in [1.807, 2.05) is 24.3 Å². The number of nitrogens with zero attached hydrogens (tertiary/aromatic N) is 1. The van der Waals surface area contributed by atoms with Gasteiger partial charge in [0.2, 0.25) is 0 Å². The van der Waals surface area contributed by atoms with Crippen molar-refractivity contribution in [1.29, 1.82) is 0 Å². The van der Waals surface area contributed by atoms with E-state index in [9.17, 15) is 19.1 Å². The van der Waals surface area contributed by atoms with Gasteiger partial charge in [-0.2, -0.15) is 0 Å². The van der Waals surface area contributed by atoms with Crippen molar-refractivity contribution in [2.45, 2.75) is 32.1 Å². The molecular weight excluding hydrogens is 345 g/mol. The fourth-order valence-corrected chi connectivity index (χ4v) is 5.77. The molecule has 0 saturated carbocycles. The summed E-state index contributed by atoms with van der Waals surface area (Å²) in [6, 6.07) is 7.54. The van der Waals surface area contributed by atoms with Crippen LogP contribution in [0.15, 0.2) is 45.5 Å². The summed E-state index contributed by atoms with van der Waals surface area (Å²) in [5.41, 5.74) is 3.37. The second-order valence-corrected chi connectivity index (χ2v) is 9.06. The first-order valence-corrected chi connectivity index (χ1v) is 10.6. The van der Waals surface area contributed by atoms with E-state index in [-0.39, 0.29) is 12.1 Å². The van der Waals surface area contributed by atoms with E-state index in [2.05, 4.69) is 0 Å². The number of hydrogen-bond donors (Lipinski definition) is 2. The van der Waals surface area contributed by atoms with Crippen LogP contribution in [0.25, 0.3) is 0 Å². The van der Waals surface area contributed by atoms with Gasteiger partial charge in [0.1, 0.15) is 6.29 Å². The lowest BCUT2D eigenvalue weighted by molar-refractivity contribution is 0.103. The van der Waals surface area contributed by atoms with Crippen LogP contribution in [0.3, 0.4) is 0 Å². The number of carbonyl (C=O) groups excluding carboxylic acids is 1. The monoisotopic (exact) mass is 363 g/mol. The molecule has 7 heteroatoms. The van der Waals surface area contributed by atoms with Gasteiger partial charge in [-0.05, 0) is 31.2 Å². The Morgan fingerprint density at radius 3 is 2.67 bits per heavy atom. The van der Waals surface area contributed by atoms with Crippen LogP contribution >= 0.6 is 19.4 Å². The Morgan fingerprint density at radius 1 is 1.17 bits per heavy atom. The maximum absolute atomic E-state index is 12.8. The quantitative estimate of drug-likeness (QED) is 0.617. The number of ketones is 1. The molecule has 0 amide bonds. The Morgan fingerprint density at radius 2 is 1.92 bits per heavy atom. The van der Waals surface area contributed by atoms with Crippen molar-refractivity contribution < 1.29 is 19.1 Å². The van der Waals surface area contributed by atoms with Crippen molar-refractivity contribution in [2.75, 3.05) is 6.29 Å². The molecule has 0 fully saturated rings. The number of rotatable bonds is 2. The minimum atomic E-state index is -4.22. The van der Waals surface area contributed by atoms with Gasteiger partial charge in [0.05, 0.1) is 5.03 Å². The number of benzene rings is 1. The Labute approximate surface area is 144 Å². The lowest BCUT2D eigenvalue weighted by Crippen LogP contribution is -2.22. The van der Waals surface area contributed by atoms with Crippen molar-refractivity contribution in [3.63, 3.8) is 0 Å². The Balaban J connectivity index is 1.77. The molecule has 1 aromatic rings. The van der Waals surface area contributed by atoms with Crippen LogP contribution in [-0.4, -0.2) is 26.8 Å². The first-order valence-electron chi connectivity index (χ1n) is 8.02. The number of allylic oxidation sites excluding steroid dienone is 3. The van der Waals surface area contributed by atoms with Crippen molar-refractivity contribution in [2.24, 2.45) is 0 Å². The van der Waals surface area contributed by atoms with Crippen molar-refractivity contribution in [3.05, 3.63) is 56.6 Å². The largest absolute Gasteiger partial charge is 0.345 e. The van der Waals surface area contributed by atoms with Crippen molar-refractivity contribution in [3.8, 4) is 0 Å². The zero-order chi connectivity index (χ0) is 16.9. The summed E-state index contributed by atoms with van der Waals surface area (Å²) in [5.74, 6) is -0.0105. The van der Waals surface area contributed by atoms with Crippen molar-refractivity contribution >= 4 is 25.1 Å². The predicted octanol–water partition coefficient (Wildman–Crippen LogP) is 3.61. The minimum Gasteiger partial charge on any atom is -0.326 e. The average Bonchev–Trinajstić information content (AvgIpc) is 3.05. The van der Waals surface area contributed by atoms with Gasteiger partial charge in [0, 0.05) is 28.2 Å². The van der Waals surface area contributed by atoms with Gasteiger partial charge in [0.25, 0.3) is 0 Å². The molecule has 1 aliphatic heterocycles. The molecule has 24 heavy (non-hydrogen) atoms. The van der Waals surface area contributed by atoms with Gasteiger partial charge in [-0.1, -0.05) is 36.0 Å². The molecule has 2 N–H and O–H groups in total. The molecule has 1 aromatic carbocycles. The third kappa shape index (κ3) is 2.78. The number of carbonyl (C=O) groups is 1. The fourth-order valence-electron chi connectivity index (χ4n) is 3.61. The first-order chi connectivity index (χ1) is 11.4. The molecule has 0 saturated heterocycles. The number of thioether (sulfide) groups is 1. The molecule has 1 heterocycles. The zero-order valence-electron chi connectivity index (χ0n) is 13.1. The van der Waals surface area contributed by atoms with E-state index >= 15 is 0 Å². The van der Waals surface area contributed by atoms with Gasteiger partial charge in [-0.15, -0.1) is 0 Å². The highest BCUT2D eigenvalue weighted by molar-refractivity contribution is 8.07. The number of Topliss-reactive ketones (excluding diaryl/α,β-unsaturated/α-hetero) is 1. The maximum Gasteiger partial charge on any atom is 0.345 e. The molecule has 0 unspecified atom stereocenters. The van der Waals surface area contributed by atoms with E-state index in [4.69, 9.17) is 0 Å². The number of fused-ring (bicyclic) bond motifs is 1. The standard InChI is InChI=1S/C17H18NO4PS/c19-16-12-6-2-1-5-11(12)9-13(16)17-18(10-23(20,21)22)14-7-3-4-8-15(14)24-17/h1-2,5-6H,3-4,7-10H2,(H2,20,21,22). The van der Waals surface area contributed by atoms with Gasteiger partial charge in [-0.25, -0.2) is 0 Å². The number of hydrogen-bond acceptors (Lipinski definition) is 4. The first kappa shape index (κ1) is 16.2. The lowest BCUT2D eigenvalue weighted by Gasteiger charge is -2.26. The normalized spacial score (nSPS) is 23.8. The molecule has 0 aromatic heterocycles. The van der Waals surface area contributed by atoms with E-state index < -0.39 is 7.60 Å². The lowest BCUT2D eigenvalue weighted by atomic mass is 10.0. The van der Waals surface area contributed by atoms with E-state index in [0.717, 1.165) is 42.0 Å². The van der Waals surface area contributed by atoms with E-state index in [1.54, 1.807) is 4.90 Å². The van der Waals surface area contributed by atoms with Crippen LogP contribution in [0, 0.1) is 0 Å². The molecular formula is C17H18NO4PS. The Bertz CT molecular complexity index is 839. The van der Waals surface area contributed by atoms with Crippen LogP contribution in [0.5, 0.6) is 0 Å². The summed E-state index contributed by atoms with van der Waals surface area (Å²) in [7, 11) is -4.22. The summed E-state index contributed by atoms with van der Waals surface area (Å²) < 4.78 is 11.6. The summed E-state index contributed by atoms with van der Waals surface area (Å²) in [6.45, 7) is 0. The van der Waals surface area contributed by atoms with Crippen LogP contribution < -0.4 is 0 Å².